The lowest BCUT2D eigenvalue weighted by Crippen LogP contribution is -2.55. The van der Waals surface area contributed by atoms with Crippen LogP contribution < -0.4 is 15.2 Å². The maximum Gasteiger partial charge on any atom is 0.314 e. The van der Waals surface area contributed by atoms with E-state index >= 15 is 0 Å². The SMILES string of the molecule is NC(=O)N1CCN(C(=O)C2COc3ccccc3O2)CC1. The Balaban J connectivity index is 1.61. The highest BCUT2D eigenvalue weighted by Crippen LogP contribution is 2.31. The predicted molar refractivity (Wildman–Crippen MR) is 74.1 cm³/mol. The van der Waals surface area contributed by atoms with E-state index in [0.29, 0.717) is 37.7 Å². The van der Waals surface area contributed by atoms with E-state index in [2.05, 4.69) is 0 Å². The summed E-state index contributed by atoms with van der Waals surface area (Å²) in [5, 5.41) is 0. The Bertz CT molecular complexity index is 555. The maximum absolute atomic E-state index is 12.4. The summed E-state index contributed by atoms with van der Waals surface area (Å²) in [5.41, 5.74) is 5.22. The number of primary amides is 1. The second-order valence-electron chi connectivity index (χ2n) is 5.01. The fraction of sp³-hybridized carbons (Fsp3) is 0.429. The molecular weight excluding hydrogens is 274 g/mol. The van der Waals surface area contributed by atoms with Crippen LogP contribution in [0.5, 0.6) is 11.5 Å². The Morgan fingerprint density at radius 2 is 1.67 bits per heavy atom. The number of rotatable bonds is 1. The summed E-state index contributed by atoms with van der Waals surface area (Å²) in [6.45, 7) is 2.02. The number of carbonyl (C=O) groups excluding carboxylic acids is 2. The van der Waals surface area contributed by atoms with Crippen LogP contribution in [-0.4, -0.2) is 60.6 Å². The highest BCUT2D eigenvalue weighted by Gasteiger charge is 2.33. The molecule has 0 radical (unpaired) electrons. The molecule has 1 unspecified atom stereocenters. The Kier molecular flexibility index (Phi) is 3.55. The summed E-state index contributed by atoms with van der Waals surface area (Å²) in [5.74, 6) is 1.12. The third kappa shape index (κ3) is 2.72. The van der Waals surface area contributed by atoms with Gasteiger partial charge in [-0.2, -0.15) is 0 Å². The van der Waals surface area contributed by atoms with Crippen molar-refractivity contribution in [2.24, 2.45) is 5.73 Å². The van der Waals surface area contributed by atoms with Crippen LogP contribution in [0.1, 0.15) is 0 Å². The van der Waals surface area contributed by atoms with Gasteiger partial charge in [-0.1, -0.05) is 12.1 Å². The molecule has 1 aromatic rings. The van der Waals surface area contributed by atoms with Crippen LogP contribution in [0, 0.1) is 0 Å². The Morgan fingerprint density at radius 3 is 2.33 bits per heavy atom. The average Bonchev–Trinajstić information content (AvgIpc) is 2.54. The molecule has 2 N–H and O–H groups in total. The topological polar surface area (TPSA) is 85.1 Å². The van der Waals surface area contributed by atoms with E-state index in [9.17, 15) is 9.59 Å². The predicted octanol–water partition coefficient (Wildman–Crippen LogP) is 0.0493. The number of ether oxygens (including phenoxy) is 2. The van der Waals surface area contributed by atoms with Crippen molar-refractivity contribution >= 4 is 11.9 Å². The Labute approximate surface area is 122 Å². The van der Waals surface area contributed by atoms with Crippen LogP contribution in [0.2, 0.25) is 0 Å². The molecule has 1 fully saturated rings. The smallest absolute Gasteiger partial charge is 0.314 e. The molecule has 0 aliphatic carbocycles. The summed E-state index contributed by atoms with van der Waals surface area (Å²) in [6.07, 6.45) is -0.639. The molecule has 1 aromatic carbocycles. The lowest BCUT2D eigenvalue weighted by atomic mass is 10.2. The Morgan fingerprint density at radius 1 is 1.05 bits per heavy atom. The van der Waals surface area contributed by atoms with Gasteiger partial charge in [0.25, 0.3) is 5.91 Å². The first-order chi connectivity index (χ1) is 10.1. The van der Waals surface area contributed by atoms with Crippen molar-refractivity contribution < 1.29 is 19.1 Å². The highest BCUT2D eigenvalue weighted by atomic mass is 16.6. The van der Waals surface area contributed by atoms with E-state index < -0.39 is 12.1 Å². The number of carbonyl (C=O) groups is 2. The Hall–Kier alpha value is -2.44. The van der Waals surface area contributed by atoms with Gasteiger partial charge in [-0.05, 0) is 12.1 Å². The van der Waals surface area contributed by atoms with E-state index in [1.807, 2.05) is 18.2 Å². The van der Waals surface area contributed by atoms with E-state index in [4.69, 9.17) is 15.2 Å². The molecule has 1 saturated heterocycles. The number of urea groups is 1. The number of hydrogen-bond donors (Lipinski definition) is 1. The fourth-order valence-corrected chi connectivity index (χ4v) is 2.49. The van der Waals surface area contributed by atoms with Crippen LogP contribution in [0.15, 0.2) is 24.3 Å². The summed E-state index contributed by atoms with van der Waals surface area (Å²) in [4.78, 5) is 26.7. The van der Waals surface area contributed by atoms with Crippen molar-refractivity contribution in [1.29, 1.82) is 0 Å². The lowest BCUT2D eigenvalue weighted by molar-refractivity contribution is -0.142. The quantitative estimate of drug-likeness (QED) is 0.792. The minimum absolute atomic E-state index is 0.117. The van der Waals surface area contributed by atoms with Crippen LogP contribution >= 0.6 is 0 Å². The molecule has 7 nitrogen and oxygen atoms in total. The molecule has 2 aliphatic rings. The maximum atomic E-state index is 12.4. The van der Waals surface area contributed by atoms with Crippen LogP contribution in [-0.2, 0) is 4.79 Å². The van der Waals surface area contributed by atoms with Gasteiger partial charge in [-0.3, -0.25) is 4.79 Å². The van der Waals surface area contributed by atoms with Gasteiger partial charge in [0.05, 0.1) is 0 Å². The number of fused-ring (bicyclic) bond motifs is 1. The number of para-hydroxylation sites is 2. The molecular formula is C14H17N3O4. The molecule has 7 heteroatoms. The van der Waals surface area contributed by atoms with Gasteiger partial charge in [-0.25, -0.2) is 4.79 Å². The first kappa shape index (κ1) is 13.5. The first-order valence-corrected chi connectivity index (χ1v) is 6.87. The number of nitrogens with zero attached hydrogens (tertiary/aromatic N) is 2. The average molecular weight is 291 g/mol. The third-order valence-corrected chi connectivity index (χ3v) is 3.69. The minimum Gasteiger partial charge on any atom is -0.485 e. The first-order valence-electron chi connectivity index (χ1n) is 6.87. The third-order valence-electron chi connectivity index (χ3n) is 3.69. The standard InChI is InChI=1S/C14H17N3O4/c15-14(19)17-7-5-16(6-8-17)13(18)12-9-20-10-3-1-2-4-11(10)21-12/h1-4,12H,5-9H2,(H2,15,19). The molecule has 2 heterocycles. The fourth-order valence-electron chi connectivity index (χ4n) is 2.49. The molecule has 2 aliphatic heterocycles. The van der Waals surface area contributed by atoms with E-state index in [-0.39, 0.29) is 12.5 Å². The normalized spacial score (nSPS) is 21.0. The minimum atomic E-state index is -0.639. The summed E-state index contributed by atoms with van der Waals surface area (Å²) in [6, 6.07) is 6.82. The molecule has 0 spiro atoms. The zero-order valence-electron chi connectivity index (χ0n) is 11.5. The van der Waals surface area contributed by atoms with E-state index in [0.717, 1.165) is 0 Å². The van der Waals surface area contributed by atoms with Crippen molar-refractivity contribution in [3.63, 3.8) is 0 Å². The van der Waals surface area contributed by atoms with Crippen molar-refractivity contribution in [1.82, 2.24) is 9.80 Å². The van der Waals surface area contributed by atoms with E-state index in [1.165, 1.54) is 4.90 Å². The van der Waals surface area contributed by atoms with Gasteiger partial charge in [0.2, 0.25) is 6.10 Å². The number of nitrogens with two attached hydrogens (primary N) is 1. The second-order valence-corrected chi connectivity index (χ2v) is 5.01. The van der Waals surface area contributed by atoms with Gasteiger partial charge >= 0.3 is 6.03 Å². The summed E-state index contributed by atoms with van der Waals surface area (Å²) in [7, 11) is 0. The molecule has 0 bridgehead atoms. The number of amides is 3. The second kappa shape index (κ2) is 5.51. The van der Waals surface area contributed by atoms with Crippen LogP contribution in [0.25, 0.3) is 0 Å². The van der Waals surface area contributed by atoms with Gasteiger partial charge in [0, 0.05) is 26.2 Å². The van der Waals surface area contributed by atoms with Crippen molar-refractivity contribution in [3.8, 4) is 11.5 Å². The zero-order valence-corrected chi connectivity index (χ0v) is 11.5. The monoisotopic (exact) mass is 291 g/mol. The molecule has 3 amide bonds. The molecule has 0 aromatic heterocycles. The van der Waals surface area contributed by atoms with Gasteiger partial charge in [-0.15, -0.1) is 0 Å². The zero-order chi connectivity index (χ0) is 14.8. The number of piperazine rings is 1. The molecule has 21 heavy (non-hydrogen) atoms. The van der Waals surface area contributed by atoms with Crippen molar-refractivity contribution in [2.45, 2.75) is 6.10 Å². The van der Waals surface area contributed by atoms with Crippen LogP contribution in [0.3, 0.4) is 0 Å². The van der Waals surface area contributed by atoms with E-state index in [1.54, 1.807) is 11.0 Å². The van der Waals surface area contributed by atoms with Gasteiger partial charge in [0.1, 0.15) is 6.61 Å². The van der Waals surface area contributed by atoms with Gasteiger partial charge in [0.15, 0.2) is 11.5 Å². The van der Waals surface area contributed by atoms with Crippen molar-refractivity contribution in [2.75, 3.05) is 32.8 Å². The molecule has 1 atom stereocenters. The molecule has 112 valence electrons. The van der Waals surface area contributed by atoms with Crippen molar-refractivity contribution in [3.05, 3.63) is 24.3 Å². The van der Waals surface area contributed by atoms with Gasteiger partial charge < -0.3 is 25.0 Å². The molecule has 3 rings (SSSR count). The number of benzene rings is 1. The lowest BCUT2D eigenvalue weighted by Gasteiger charge is -2.36. The summed E-state index contributed by atoms with van der Waals surface area (Å²) >= 11 is 0. The summed E-state index contributed by atoms with van der Waals surface area (Å²) < 4.78 is 11.3. The molecule has 0 saturated carbocycles. The largest absolute Gasteiger partial charge is 0.485 e. The van der Waals surface area contributed by atoms with Crippen LogP contribution in [0.4, 0.5) is 4.79 Å². The number of hydrogen-bond acceptors (Lipinski definition) is 4. The highest BCUT2D eigenvalue weighted by molar-refractivity contribution is 5.82.